The first-order chi connectivity index (χ1) is 7.02. The van der Waals surface area contributed by atoms with Crippen LogP contribution in [0.2, 0.25) is 0 Å². The number of carboxylic acids is 1. The van der Waals surface area contributed by atoms with Gasteiger partial charge in [0.05, 0.1) is 6.54 Å². The third kappa shape index (κ3) is 2.51. The van der Waals surface area contributed by atoms with Gasteiger partial charge in [0, 0.05) is 0 Å². The predicted molar refractivity (Wildman–Crippen MR) is 59.4 cm³/mol. The number of carbonyl (C=O) groups is 1. The first-order valence-electron chi connectivity index (χ1n) is 5.44. The Morgan fingerprint density at radius 1 is 1.60 bits per heavy atom. The Balaban J connectivity index is 2.75. The van der Waals surface area contributed by atoms with Gasteiger partial charge in [0.2, 0.25) is 0 Å². The summed E-state index contributed by atoms with van der Waals surface area (Å²) in [6.07, 6.45) is 7.46. The van der Waals surface area contributed by atoms with E-state index in [4.69, 9.17) is 6.42 Å². The van der Waals surface area contributed by atoms with E-state index in [1.807, 2.05) is 0 Å². The Bertz CT molecular complexity index is 282. The standard InChI is InChI=1S/C12H19NO2/c1-4-7-13-12(11(14)15)6-5-9(2)10(3)8-12/h1,9-10,13H,5-8H2,2-3H3,(H,14,15). The molecule has 1 rings (SSSR count). The summed E-state index contributed by atoms with van der Waals surface area (Å²) in [6, 6.07) is 0. The predicted octanol–water partition coefficient (Wildman–Crippen LogP) is 1.49. The summed E-state index contributed by atoms with van der Waals surface area (Å²) in [6.45, 7) is 4.62. The van der Waals surface area contributed by atoms with Crippen LogP contribution in [0, 0.1) is 24.2 Å². The van der Waals surface area contributed by atoms with Crippen LogP contribution < -0.4 is 5.32 Å². The zero-order valence-electron chi connectivity index (χ0n) is 9.42. The fourth-order valence-corrected chi connectivity index (χ4v) is 2.26. The zero-order chi connectivity index (χ0) is 11.5. The highest BCUT2D eigenvalue weighted by atomic mass is 16.4. The summed E-state index contributed by atoms with van der Waals surface area (Å²) in [5.41, 5.74) is -0.793. The maximum Gasteiger partial charge on any atom is 0.323 e. The number of aliphatic carboxylic acids is 1. The average molecular weight is 209 g/mol. The Morgan fingerprint density at radius 2 is 2.27 bits per heavy atom. The second-order valence-electron chi connectivity index (χ2n) is 4.64. The smallest absolute Gasteiger partial charge is 0.323 e. The average Bonchev–Trinajstić information content (AvgIpc) is 2.20. The molecule has 0 saturated heterocycles. The quantitative estimate of drug-likeness (QED) is 0.692. The van der Waals surface area contributed by atoms with Crippen LogP contribution in [0.1, 0.15) is 33.1 Å². The van der Waals surface area contributed by atoms with Crippen molar-refractivity contribution in [2.24, 2.45) is 11.8 Å². The van der Waals surface area contributed by atoms with Gasteiger partial charge in [-0.15, -0.1) is 6.42 Å². The van der Waals surface area contributed by atoms with E-state index in [0.717, 1.165) is 6.42 Å². The second kappa shape index (κ2) is 4.67. The normalized spacial score (nSPS) is 35.8. The molecule has 0 amide bonds. The molecule has 3 heteroatoms. The van der Waals surface area contributed by atoms with Crippen molar-refractivity contribution in [1.29, 1.82) is 0 Å². The van der Waals surface area contributed by atoms with E-state index in [1.54, 1.807) is 0 Å². The van der Waals surface area contributed by atoms with Gasteiger partial charge in [-0.1, -0.05) is 19.8 Å². The van der Waals surface area contributed by atoms with E-state index >= 15 is 0 Å². The lowest BCUT2D eigenvalue weighted by Gasteiger charge is -2.40. The van der Waals surface area contributed by atoms with Crippen LogP contribution in [0.4, 0.5) is 0 Å². The molecule has 1 aliphatic rings. The molecule has 0 spiro atoms. The monoisotopic (exact) mass is 209 g/mol. The number of carboxylic acid groups (broad SMARTS) is 1. The lowest BCUT2D eigenvalue weighted by Crippen LogP contribution is -2.55. The fraction of sp³-hybridized carbons (Fsp3) is 0.750. The molecule has 3 nitrogen and oxygen atoms in total. The molecule has 0 aliphatic heterocycles. The van der Waals surface area contributed by atoms with E-state index in [1.165, 1.54) is 0 Å². The summed E-state index contributed by atoms with van der Waals surface area (Å²) in [5.74, 6) is 2.71. The van der Waals surface area contributed by atoms with Gasteiger partial charge in [0.25, 0.3) is 0 Å². The van der Waals surface area contributed by atoms with Crippen LogP contribution in [0.25, 0.3) is 0 Å². The van der Waals surface area contributed by atoms with Gasteiger partial charge in [0.15, 0.2) is 0 Å². The van der Waals surface area contributed by atoms with Crippen molar-refractivity contribution in [2.75, 3.05) is 6.54 Å². The number of hydrogen-bond acceptors (Lipinski definition) is 2. The third-order valence-electron chi connectivity index (χ3n) is 3.61. The van der Waals surface area contributed by atoms with Crippen LogP contribution in [0.15, 0.2) is 0 Å². The highest BCUT2D eigenvalue weighted by Gasteiger charge is 2.43. The molecule has 1 fully saturated rings. The van der Waals surface area contributed by atoms with E-state index in [-0.39, 0.29) is 0 Å². The highest BCUT2D eigenvalue weighted by molar-refractivity contribution is 5.79. The summed E-state index contributed by atoms with van der Waals surface area (Å²) < 4.78 is 0. The Labute approximate surface area is 91.3 Å². The summed E-state index contributed by atoms with van der Waals surface area (Å²) >= 11 is 0. The van der Waals surface area contributed by atoms with Crippen LogP contribution >= 0.6 is 0 Å². The van der Waals surface area contributed by atoms with Gasteiger partial charge in [-0.25, -0.2) is 0 Å². The summed E-state index contributed by atoms with van der Waals surface area (Å²) in [7, 11) is 0. The topological polar surface area (TPSA) is 49.3 Å². The van der Waals surface area contributed by atoms with Gasteiger partial charge in [-0.2, -0.15) is 0 Å². The van der Waals surface area contributed by atoms with Gasteiger partial charge in [-0.05, 0) is 31.1 Å². The minimum Gasteiger partial charge on any atom is -0.480 e. The lowest BCUT2D eigenvalue weighted by atomic mass is 9.71. The molecule has 15 heavy (non-hydrogen) atoms. The Morgan fingerprint density at radius 3 is 2.73 bits per heavy atom. The lowest BCUT2D eigenvalue weighted by molar-refractivity contribution is -0.147. The fourth-order valence-electron chi connectivity index (χ4n) is 2.26. The number of hydrogen-bond donors (Lipinski definition) is 2. The molecule has 0 radical (unpaired) electrons. The largest absolute Gasteiger partial charge is 0.480 e. The van der Waals surface area contributed by atoms with Crippen molar-refractivity contribution >= 4 is 5.97 Å². The molecular formula is C12H19NO2. The van der Waals surface area contributed by atoms with Crippen molar-refractivity contribution in [2.45, 2.75) is 38.6 Å². The molecule has 3 atom stereocenters. The van der Waals surface area contributed by atoms with Crippen molar-refractivity contribution in [3.8, 4) is 12.3 Å². The first kappa shape index (κ1) is 12.1. The molecule has 1 saturated carbocycles. The van der Waals surface area contributed by atoms with Gasteiger partial charge in [0.1, 0.15) is 5.54 Å². The molecule has 2 N–H and O–H groups in total. The maximum absolute atomic E-state index is 11.3. The number of nitrogens with one attached hydrogen (secondary N) is 1. The number of rotatable bonds is 3. The molecule has 0 bridgehead atoms. The molecule has 1 aliphatic carbocycles. The first-order valence-corrected chi connectivity index (χ1v) is 5.44. The highest BCUT2D eigenvalue weighted by Crippen LogP contribution is 2.36. The van der Waals surface area contributed by atoms with Gasteiger partial charge < -0.3 is 5.11 Å². The van der Waals surface area contributed by atoms with Crippen LogP contribution in [-0.2, 0) is 4.79 Å². The molecule has 0 heterocycles. The maximum atomic E-state index is 11.3. The van der Waals surface area contributed by atoms with Crippen molar-refractivity contribution in [3.63, 3.8) is 0 Å². The van der Waals surface area contributed by atoms with E-state index in [9.17, 15) is 9.90 Å². The van der Waals surface area contributed by atoms with Gasteiger partial charge in [-0.3, -0.25) is 10.1 Å². The van der Waals surface area contributed by atoms with E-state index in [0.29, 0.717) is 31.2 Å². The van der Waals surface area contributed by atoms with E-state index in [2.05, 4.69) is 25.1 Å². The van der Waals surface area contributed by atoms with Crippen molar-refractivity contribution in [1.82, 2.24) is 5.32 Å². The molecule has 0 aromatic heterocycles. The molecule has 3 unspecified atom stereocenters. The third-order valence-corrected chi connectivity index (χ3v) is 3.61. The minimum atomic E-state index is -0.793. The van der Waals surface area contributed by atoms with Gasteiger partial charge >= 0.3 is 5.97 Å². The molecule has 0 aromatic carbocycles. The van der Waals surface area contributed by atoms with Crippen molar-refractivity contribution < 1.29 is 9.90 Å². The van der Waals surface area contributed by atoms with Crippen LogP contribution in [0.3, 0.4) is 0 Å². The Kier molecular flexibility index (Phi) is 3.76. The molecular weight excluding hydrogens is 190 g/mol. The second-order valence-corrected chi connectivity index (χ2v) is 4.64. The summed E-state index contributed by atoms with van der Waals surface area (Å²) in [5, 5.41) is 12.3. The SMILES string of the molecule is C#CCNC1(C(=O)O)CCC(C)C(C)C1. The molecule has 84 valence electrons. The Hall–Kier alpha value is -1.01. The minimum absolute atomic E-state index is 0.327. The zero-order valence-corrected chi connectivity index (χ0v) is 9.42. The van der Waals surface area contributed by atoms with Crippen LogP contribution in [-0.4, -0.2) is 23.2 Å². The summed E-state index contributed by atoms with van der Waals surface area (Å²) in [4.78, 5) is 11.3. The van der Waals surface area contributed by atoms with Crippen molar-refractivity contribution in [3.05, 3.63) is 0 Å². The van der Waals surface area contributed by atoms with Crippen LogP contribution in [0.5, 0.6) is 0 Å². The molecule has 0 aromatic rings. The van der Waals surface area contributed by atoms with E-state index < -0.39 is 11.5 Å². The number of terminal acetylenes is 1.